The molecular formula is C11H18N6S. The third-order valence-electron chi connectivity index (χ3n) is 2.82. The minimum absolute atomic E-state index is 0.0270. The van der Waals surface area contributed by atoms with Crippen molar-refractivity contribution in [2.45, 2.75) is 39.3 Å². The zero-order chi connectivity index (χ0) is 13.1. The molecule has 18 heavy (non-hydrogen) atoms. The molecule has 0 amide bonds. The lowest BCUT2D eigenvalue weighted by Crippen LogP contribution is -2.30. The van der Waals surface area contributed by atoms with Gasteiger partial charge >= 0.3 is 0 Å². The fourth-order valence-corrected chi connectivity index (χ4v) is 2.77. The number of nitrogens with one attached hydrogen (secondary N) is 1. The topological polar surface area (TPSA) is 81.7 Å². The number of hydrazine groups is 1. The summed E-state index contributed by atoms with van der Waals surface area (Å²) in [6.07, 6.45) is 2.29. The lowest BCUT2D eigenvalue weighted by Gasteiger charge is -2.16. The lowest BCUT2D eigenvalue weighted by atomic mass is 10.1. The highest BCUT2D eigenvalue weighted by atomic mass is 32.1. The van der Waals surface area contributed by atoms with E-state index in [2.05, 4.69) is 34.3 Å². The molecule has 98 valence electrons. The number of rotatable bonds is 5. The standard InChI is InChI=1S/C11H18N6S/c1-7(2)17-10(13-5-15-17)4-9(16-12)11-8(3)14-6-18-11/h5-7,9,16H,4,12H2,1-3H3. The van der Waals surface area contributed by atoms with E-state index in [9.17, 15) is 0 Å². The van der Waals surface area contributed by atoms with E-state index in [1.165, 1.54) is 0 Å². The molecule has 0 radical (unpaired) electrons. The van der Waals surface area contributed by atoms with Gasteiger partial charge in [0.2, 0.25) is 0 Å². The fraction of sp³-hybridized carbons (Fsp3) is 0.545. The minimum atomic E-state index is 0.0270. The Balaban J connectivity index is 2.21. The van der Waals surface area contributed by atoms with Crippen LogP contribution < -0.4 is 11.3 Å². The summed E-state index contributed by atoms with van der Waals surface area (Å²) in [5.41, 5.74) is 5.69. The first-order valence-corrected chi connectivity index (χ1v) is 6.76. The number of hydrogen-bond donors (Lipinski definition) is 2. The highest BCUT2D eigenvalue weighted by Crippen LogP contribution is 2.24. The summed E-state index contributed by atoms with van der Waals surface area (Å²) < 4.78 is 1.92. The monoisotopic (exact) mass is 266 g/mol. The van der Waals surface area contributed by atoms with E-state index < -0.39 is 0 Å². The van der Waals surface area contributed by atoms with Crippen LogP contribution in [0.25, 0.3) is 0 Å². The van der Waals surface area contributed by atoms with Crippen LogP contribution >= 0.6 is 11.3 Å². The number of aromatic nitrogens is 4. The highest BCUT2D eigenvalue weighted by molar-refractivity contribution is 7.09. The molecule has 1 unspecified atom stereocenters. The van der Waals surface area contributed by atoms with Crippen LogP contribution in [0.1, 0.15) is 42.3 Å². The van der Waals surface area contributed by atoms with Gasteiger partial charge in [0, 0.05) is 17.3 Å². The van der Waals surface area contributed by atoms with Crippen LogP contribution in [-0.2, 0) is 6.42 Å². The minimum Gasteiger partial charge on any atom is -0.271 e. The van der Waals surface area contributed by atoms with Crippen molar-refractivity contribution in [1.29, 1.82) is 0 Å². The van der Waals surface area contributed by atoms with Gasteiger partial charge in [0.15, 0.2) is 0 Å². The molecular weight excluding hydrogens is 248 g/mol. The molecule has 0 bridgehead atoms. The second kappa shape index (κ2) is 5.55. The van der Waals surface area contributed by atoms with Crippen molar-refractivity contribution < 1.29 is 0 Å². The summed E-state index contributed by atoms with van der Waals surface area (Å²) in [7, 11) is 0. The van der Waals surface area contributed by atoms with Crippen LogP contribution in [-0.4, -0.2) is 19.7 Å². The molecule has 2 heterocycles. The Hall–Kier alpha value is -1.31. The summed E-state index contributed by atoms with van der Waals surface area (Å²) in [6, 6.07) is 0.322. The Morgan fingerprint density at radius 1 is 1.44 bits per heavy atom. The Labute approximate surface area is 110 Å². The Kier molecular flexibility index (Phi) is 4.05. The maximum Gasteiger partial charge on any atom is 0.138 e. The average molecular weight is 266 g/mol. The molecule has 3 N–H and O–H groups in total. The van der Waals surface area contributed by atoms with Crippen LogP contribution in [0, 0.1) is 6.92 Å². The number of thiazole rings is 1. The van der Waals surface area contributed by atoms with E-state index in [4.69, 9.17) is 5.84 Å². The SMILES string of the molecule is Cc1ncsc1C(Cc1ncnn1C(C)C)NN. The third kappa shape index (κ3) is 2.58. The Morgan fingerprint density at radius 2 is 2.22 bits per heavy atom. The molecule has 2 aromatic heterocycles. The molecule has 6 nitrogen and oxygen atoms in total. The first-order valence-electron chi connectivity index (χ1n) is 5.88. The van der Waals surface area contributed by atoms with Crippen molar-refractivity contribution in [3.63, 3.8) is 0 Å². The average Bonchev–Trinajstić information content (AvgIpc) is 2.94. The summed E-state index contributed by atoms with van der Waals surface area (Å²) in [6.45, 7) is 6.16. The number of nitrogens with two attached hydrogens (primary N) is 1. The molecule has 2 aromatic rings. The van der Waals surface area contributed by atoms with E-state index in [-0.39, 0.29) is 6.04 Å². The van der Waals surface area contributed by atoms with Gasteiger partial charge < -0.3 is 0 Å². The summed E-state index contributed by atoms with van der Waals surface area (Å²) in [4.78, 5) is 9.71. The zero-order valence-electron chi connectivity index (χ0n) is 10.8. The molecule has 7 heteroatoms. The molecule has 2 rings (SSSR count). The predicted molar refractivity (Wildman–Crippen MR) is 71.0 cm³/mol. The van der Waals surface area contributed by atoms with Gasteiger partial charge in [0.25, 0.3) is 0 Å². The zero-order valence-corrected chi connectivity index (χ0v) is 11.6. The Morgan fingerprint density at radius 3 is 2.78 bits per heavy atom. The van der Waals surface area contributed by atoms with Crippen molar-refractivity contribution >= 4 is 11.3 Å². The molecule has 0 fully saturated rings. The smallest absolute Gasteiger partial charge is 0.138 e. The quantitative estimate of drug-likeness (QED) is 0.631. The van der Waals surface area contributed by atoms with Crippen LogP contribution in [0.3, 0.4) is 0 Å². The van der Waals surface area contributed by atoms with Crippen molar-refractivity contribution in [2.24, 2.45) is 5.84 Å². The van der Waals surface area contributed by atoms with Gasteiger partial charge in [0.1, 0.15) is 12.2 Å². The van der Waals surface area contributed by atoms with E-state index in [1.807, 2.05) is 17.1 Å². The van der Waals surface area contributed by atoms with Crippen LogP contribution in [0.5, 0.6) is 0 Å². The van der Waals surface area contributed by atoms with E-state index >= 15 is 0 Å². The van der Waals surface area contributed by atoms with Gasteiger partial charge in [-0.1, -0.05) is 0 Å². The van der Waals surface area contributed by atoms with Crippen molar-refractivity contribution in [3.05, 3.63) is 28.2 Å². The molecule has 0 saturated heterocycles. The summed E-state index contributed by atoms with van der Waals surface area (Å²) >= 11 is 1.61. The van der Waals surface area contributed by atoms with Gasteiger partial charge in [-0.3, -0.25) is 11.3 Å². The Bertz CT molecular complexity index is 503. The first kappa shape index (κ1) is 13.1. The second-order valence-electron chi connectivity index (χ2n) is 4.44. The first-order chi connectivity index (χ1) is 8.63. The maximum atomic E-state index is 5.65. The maximum absolute atomic E-state index is 5.65. The van der Waals surface area contributed by atoms with Crippen molar-refractivity contribution in [2.75, 3.05) is 0 Å². The fourth-order valence-electron chi connectivity index (χ4n) is 1.91. The molecule has 1 atom stereocenters. The third-order valence-corrected chi connectivity index (χ3v) is 3.87. The van der Waals surface area contributed by atoms with Gasteiger partial charge in [-0.2, -0.15) is 5.10 Å². The van der Waals surface area contributed by atoms with Gasteiger partial charge in [-0.15, -0.1) is 11.3 Å². The van der Waals surface area contributed by atoms with Crippen LogP contribution in [0.2, 0.25) is 0 Å². The predicted octanol–water partition coefficient (Wildman–Crippen LogP) is 1.37. The van der Waals surface area contributed by atoms with Gasteiger partial charge in [-0.05, 0) is 20.8 Å². The van der Waals surface area contributed by atoms with Crippen LogP contribution in [0.4, 0.5) is 0 Å². The van der Waals surface area contributed by atoms with Crippen LogP contribution in [0.15, 0.2) is 11.8 Å². The number of hydrogen-bond acceptors (Lipinski definition) is 6. The highest BCUT2D eigenvalue weighted by Gasteiger charge is 2.19. The van der Waals surface area contributed by atoms with E-state index in [1.54, 1.807) is 17.7 Å². The summed E-state index contributed by atoms with van der Waals surface area (Å²) in [5.74, 6) is 6.58. The van der Waals surface area contributed by atoms with Gasteiger partial charge in [-0.25, -0.2) is 14.6 Å². The van der Waals surface area contributed by atoms with E-state index in [0.29, 0.717) is 12.5 Å². The van der Waals surface area contributed by atoms with Gasteiger partial charge in [0.05, 0.1) is 17.2 Å². The molecule has 0 spiro atoms. The number of nitrogens with zero attached hydrogens (tertiary/aromatic N) is 4. The summed E-state index contributed by atoms with van der Waals surface area (Å²) in [5, 5.41) is 4.23. The number of aryl methyl sites for hydroxylation is 1. The van der Waals surface area contributed by atoms with Crippen molar-refractivity contribution in [1.82, 2.24) is 25.2 Å². The second-order valence-corrected chi connectivity index (χ2v) is 5.33. The molecule has 0 aromatic carbocycles. The van der Waals surface area contributed by atoms with Crippen molar-refractivity contribution in [3.8, 4) is 0 Å². The van der Waals surface area contributed by atoms with E-state index in [0.717, 1.165) is 16.4 Å². The molecule has 0 aliphatic heterocycles. The molecule has 0 aliphatic rings. The molecule has 0 aliphatic carbocycles. The largest absolute Gasteiger partial charge is 0.271 e. The lowest BCUT2D eigenvalue weighted by molar-refractivity contribution is 0.470. The normalized spacial score (nSPS) is 13.2. The molecule has 0 saturated carbocycles.